The van der Waals surface area contributed by atoms with Gasteiger partial charge in [-0.3, -0.25) is 9.59 Å². The molecule has 0 radical (unpaired) electrons. The molecule has 0 heterocycles. The summed E-state index contributed by atoms with van der Waals surface area (Å²) in [5.41, 5.74) is 0. The first-order valence-corrected chi connectivity index (χ1v) is 8.41. The molecule has 0 fully saturated rings. The molecular formula is C17H23ClNNaO6. The Hall–Kier alpha value is -1.28. The number of rotatable bonds is 10. The van der Waals surface area contributed by atoms with Crippen LogP contribution >= 0.6 is 11.6 Å². The number of hydrogen-bond acceptors (Lipinski definition) is 6. The number of halogens is 1. The van der Waals surface area contributed by atoms with Crippen LogP contribution < -0.4 is 10.1 Å². The van der Waals surface area contributed by atoms with E-state index in [4.69, 9.17) is 21.1 Å². The summed E-state index contributed by atoms with van der Waals surface area (Å²) in [6.45, 7) is 1.77. The summed E-state index contributed by atoms with van der Waals surface area (Å²) in [7, 11) is 0. The summed E-state index contributed by atoms with van der Waals surface area (Å²) >= 11 is 5.74. The molecule has 1 N–H and O–H groups in total. The van der Waals surface area contributed by atoms with E-state index in [9.17, 15) is 14.4 Å². The molecule has 0 atom stereocenters. The first-order chi connectivity index (χ1) is 12.0. The number of hydrogen-bond donors (Lipinski definition) is 1. The van der Waals surface area contributed by atoms with Crippen LogP contribution in [0.15, 0.2) is 24.3 Å². The van der Waals surface area contributed by atoms with Crippen LogP contribution in [0.1, 0.15) is 39.0 Å². The van der Waals surface area contributed by atoms with Gasteiger partial charge in [-0.25, -0.2) is 4.79 Å². The Morgan fingerprint density at radius 3 is 2.31 bits per heavy atom. The van der Waals surface area contributed by atoms with Crippen LogP contribution in [-0.4, -0.2) is 60.9 Å². The summed E-state index contributed by atoms with van der Waals surface area (Å²) in [6, 6.07) is 6.43. The summed E-state index contributed by atoms with van der Waals surface area (Å²) in [4.78, 5) is 34.2. The fraction of sp³-hybridized carbons (Fsp3) is 0.471. The third kappa shape index (κ3) is 12.1. The van der Waals surface area contributed by atoms with Crippen LogP contribution in [-0.2, 0) is 19.1 Å². The van der Waals surface area contributed by atoms with Crippen LogP contribution in [0.3, 0.4) is 0 Å². The SMILES string of the molecule is CCCCC(=O)OCOC(=O)NCCCC(=O)Oc1ccc(Cl)cc1.[NaH]. The zero-order valence-electron chi connectivity index (χ0n) is 14.1. The van der Waals surface area contributed by atoms with Gasteiger partial charge in [0.2, 0.25) is 6.79 Å². The van der Waals surface area contributed by atoms with E-state index in [-0.39, 0.29) is 42.5 Å². The third-order valence-corrected chi connectivity index (χ3v) is 3.27. The average Bonchev–Trinajstić information content (AvgIpc) is 2.59. The molecule has 1 rings (SSSR count). The zero-order valence-corrected chi connectivity index (χ0v) is 14.8. The monoisotopic (exact) mass is 395 g/mol. The summed E-state index contributed by atoms with van der Waals surface area (Å²) in [5.74, 6) is -0.409. The van der Waals surface area contributed by atoms with Gasteiger partial charge in [0.25, 0.3) is 0 Å². The molecule has 7 nitrogen and oxygen atoms in total. The van der Waals surface area contributed by atoms with Gasteiger partial charge in [0.1, 0.15) is 5.75 Å². The number of alkyl carbamates (subject to hydrolysis) is 1. The number of amides is 1. The number of nitrogens with one attached hydrogen (secondary N) is 1. The van der Waals surface area contributed by atoms with E-state index in [1.807, 2.05) is 6.92 Å². The van der Waals surface area contributed by atoms with E-state index in [2.05, 4.69) is 10.1 Å². The van der Waals surface area contributed by atoms with Crippen molar-refractivity contribution in [2.75, 3.05) is 13.3 Å². The molecule has 0 unspecified atom stereocenters. The number of carbonyl (C=O) groups excluding carboxylic acids is 3. The van der Waals surface area contributed by atoms with Crippen LogP contribution in [0, 0.1) is 0 Å². The maximum atomic E-state index is 11.6. The van der Waals surface area contributed by atoms with Gasteiger partial charge >= 0.3 is 47.6 Å². The minimum absolute atomic E-state index is 0. The topological polar surface area (TPSA) is 90.9 Å². The zero-order chi connectivity index (χ0) is 18.5. The van der Waals surface area contributed by atoms with Gasteiger partial charge in [0.15, 0.2) is 0 Å². The van der Waals surface area contributed by atoms with Gasteiger partial charge in [-0.05, 0) is 37.1 Å². The molecule has 0 aliphatic carbocycles. The number of ether oxygens (including phenoxy) is 3. The molecular weight excluding hydrogens is 373 g/mol. The second kappa shape index (κ2) is 14.8. The van der Waals surface area contributed by atoms with Crippen molar-refractivity contribution in [3.63, 3.8) is 0 Å². The van der Waals surface area contributed by atoms with Crippen molar-refractivity contribution in [2.24, 2.45) is 0 Å². The summed E-state index contributed by atoms with van der Waals surface area (Å²) in [6.07, 6.45) is 1.73. The molecule has 0 bridgehead atoms. The van der Waals surface area contributed by atoms with Crippen LogP contribution in [0.2, 0.25) is 5.02 Å². The molecule has 0 spiro atoms. The Balaban J connectivity index is 0.00000625. The first kappa shape index (κ1) is 24.7. The predicted octanol–water partition coefficient (Wildman–Crippen LogP) is 2.79. The molecule has 1 aromatic carbocycles. The second-order valence-corrected chi connectivity index (χ2v) is 5.56. The van der Waals surface area contributed by atoms with Crippen molar-refractivity contribution in [2.45, 2.75) is 39.0 Å². The number of unbranched alkanes of at least 4 members (excludes halogenated alkanes) is 1. The van der Waals surface area contributed by atoms with E-state index < -0.39 is 24.8 Å². The maximum absolute atomic E-state index is 11.6. The van der Waals surface area contributed by atoms with E-state index in [0.29, 0.717) is 23.6 Å². The van der Waals surface area contributed by atoms with E-state index in [0.717, 1.165) is 12.8 Å². The molecule has 0 saturated carbocycles. The summed E-state index contributed by atoms with van der Waals surface area (Å²) in [5, 5.41) is 3.00. The van der Waals surface area contributed by atoms with Gasteiger partial charge in [0.05, 0.1) is 0 Å². The van der Waals surface area contributed by atoms with Crippen molar-refractivity contribution in [1.82, 2.24) is 5.32 Å². The molecule has 1 amide bonds. The van der Waals surface area contributed by atoms with Gasteiger partial charge in [-0.2, -0.15) is 0 Å². The van der Waals surface area contributed by atoms with Crippen molar-refractivity contribution < 1.29 is 28.6 Å². The fourth-order valence-electron chi connectivity index (χ4n) is 1.70. The minimum atomic E-state index is -0.714. The van der Waals surface area contributed by atoms with Crippen molar-refractivity contribution in [3.05, 3.63) is 29.3 Å². The Morgan fingerprint density at radius 2 is 1.65 bits per heavy atom. The van der Waals surface area contributed by atoms with Crippen molar-refractivity contribution in [3.8, 4) is 5.75 Å². The summed E-state index contributed by atoms with van der Waals surface area (Å²) < 4.78 is 14.5. The number of benzene rings is 1. The Kier molecular flexibility index (Phi) is 14.1. The van der Waals surface area contributed by atoms with Gasteiger partial charge < -0.3 is 19.5 Å². The first-order valence-electron chi connectivity index (χ1n) is 8.03. The average molecular weight is 396 g/mol. The van der Waals surface area contributed by atoms with Crippen molar-refractivity contribution in [1.29, 1.82) is 0 Å². The van der Waals surface area contributed by atoms with E-state index in [1.54, 1.807) is 24.3 Å². The second-order valence-electron chi connectivity index (χ2n) is 5.13. The molecule has 0 aromatic heterocycles. The van der Waals surface area contributed by atoms with Gasteiger partial charge in [0, 0.05) is 24.4 Å². The van der Waals surface area contributed by atoms with E-state index >= 15 is 0 Å². The van der Waals surface area contributed by atoms with Crippen LogP contribution in [0.5, 0.6) is 5.75 Å². The van der Waals surface area contributed by atoms with Crippen LogP contribution in [0.4, 0.5) is 4.79 Å². The Labute approximate surface area is 180 Å². The van der Waals surface area contributed by atoms with Crippen molar-refractivity contribution >= 4 is 59.2 Å². The van der Waals surface area contributed by atoms with Gasteiger partial charge in [-0.15, -0.1) is 0 Å². The molecule has 0 aliphatic heterocycles. The third-order valence-electron chi connectivity index (χ3n) is 3.02. The van der Waals surface area contributed by atoms with Crippen LogP contribution in [0.25, 0.3) is 0 Å². The molecule has 0 saturated heterocycles. The predicted molar refractivity (Wildman–Crippen MR) is 98.4 cm³/mol. The molecule has 26 heavy (non-hydrogen) atoms. The molecule has 140 valence electrons. The standard InChI is InChI=1S/C17H22ClNO6.Na.H/c1-2-3-5-15(20)23-12-24-17(22)19-11-4-6-16(21)25-14-9-7-13(18)8-10-14;;/h7-10H,2-6,11-12H2,1H3,(H,19,22);;. The van der Waals surface area contributed by atoms with Gasteiger partial charge in [-0.1, -0.05) is 24.9 Å². The number of esters is 2. The fourth-order valence-corrected chi connectivity index (χ4v) is 1.83. The van der Waals surface area contributed by atoms with E-state index in [1.165, 1.54) is 0 Å². The normalized spacial score (nSPS) is 9.62. The molecule has 1 aromatic rings. The Bertz CT molecular complexity index is 567. The quantitative estimate of drug-likeness (QED) is 0.215. The molecule has 0 aliphatic rings. The Morgan fingerprint density at radius 1 is 1.00 bits per heavy atom. The molecule has 9 heteroatoms. The number of carbonyl (C=O) groups is 3.